The zero-order valence-electron chi connectivity index (χ0n) is 15.9. The van der Waals surface area contributed by atoms with Gasteiger partial charge in [-0.25, -0.2) is 0 Å². The molecule has 6 heteroatoms. The molecule has 0 saturated carbocycles. The number of pyridine rings is 1. The molecule has 2 fully saturated rings. The Bertz CT molecular complexity index is 646. The lowest BCUT2D eigenvalue weighted by Gasteiger charge is -2.48. The van der Waals surface area contributed by atoms with Crippen LogP contribution in [0.3, 0.4) is 0 Å². The summed E-state index contributed by atoms with van der Waals surface area (Å²) in [6.07, 6.45) is 7.91. The van der Waals surface area contributed by atoms with Crippen molar-refractivity contribution in [2.75, 3.05) is 26.2 Å². The van der Waals surface area contributed by atoms with E-state index >= 15 is 0 Å². The fourth-order valence-electron chi connectivity index (χ4n) is 4.12. The van der Waals surface area contributed by atoms with E-state index in [0.717, 1.165) is 57.4 Å². The van der Waals surface area contributed by atoms with Crippen LogP contribution < -0.4 is 5.73 Å². The summed E-state index contributed by atoms with van der Waals surface area (Å²) in [6.45, 7) is 6.55. The molecule has 3 rings (SSSR count). The van der Waals surface area contributed by atoms with Gasteiger partial charge in [0.1, 0.15) is 0 Å². The van der Waals surface area contributed by atoms with Gasteiger partial charge in [0.15, 0.2) is 0 Å². The first kappa shape index (κ1) is 18.8. The van der Waals surface area contributed by atoms with E-state index < -0.39 is 5.54 Å². The molecule has 0 aliphatic carbocycles. The van der Waals surface area contributed by atoms with E-state index in [9.17, 15) is 9.59 Å². The van der Waals surface area contributed by atoms with E-state index in [2.05, 4.69) is 11.1 Å². The highest BCUT2D eigenvalue weighted by Crippen LogP contribution is 2.40. The lowest BCUT2D eigenvalue weighted by Crippen LogP contribution is -2.57. The Labute approximate surface area is 155 Å². The maximum atomic E-state index is 12.4. The van der Waals surface area contributed by atoms with Gasteiger partial charge in [-0.3, -0.25) is 14.6 Å². The van der Waals surface area contributed by atoms with E-state index in [1.807, 2.05) is 22.1 Å². The van der Waals surface area contributed by atoms with Crippen molar-refractivity contribution in [3.05, 3.63) is 30.1 Å². The second-order valence-electron chi connectivity index (χ2n) is 8.44. The van der Waals surface area contributed by atoms with Crippen LogP contribution in [0, 0.1) is 5.41 Å². The van der Waals surface area contributed by atoms with Crippen molar-refractivity contribution in [3.8, 4) is 0 Å². The van der Waals surface area contributed by atoms with Crippen molar-refractivity contribution in [2.45, 2.75) is 51.5 Å². The van der Waals surface area contributed by atoms with Crippen LogP contribution >= 0.6 is 0 Å². The van der Waals surface area contributed by atoms with Gasteiger partial charge in [-0.1, -0.05) is 6.07 Å². The number of amides is 2. The summed E-state index contributed by atoms with van der Waals surface area (Å²) < 4.78 is 0. The van der Waals surface area contributed by atoms with Crippen LogP contribution in [-0.2, 0) is 16.0 Å². The molecule has 2 aliphatic heterocycles. The summed E-state index contributed by atoms with van der Waals surface area (Å²) in [5.74, 6) is 0.272. The molecule has 0 bridgehead atoms. The minimum atomic E-state index is -0.817. The predicted molar refractivity (Wildman–Crippen MR) is 100 cm³/mol. The van der Waals surface area contributed by atoms with Gasteiger partial charge in [0.2, 0.25) is 11.8 Å². The Kier molecular flexibility index (Phi) is 5.32. The van der Waals surface area contributed by atoms with Crippen molar-refractivity contribution in [3.63, 3.8) is 0 Å². The minimum Gasteiger partial charge on any atom is -0.342 e. The summed E-state index contributed by atoms with van der Waals surface area (Å²) in [5, 5.41) is 0. The van der Waals surface area contributed by atoms with E-state index in [1.54, 1.807) is 20.0 Å². The first-order chi connectivity index (χ1) is 12.3. The maximum Gasteiger partial charge on any atom is 0.242 e. The van der Waals surface area contributed by atoms with Gasteiger partial charge in [0.05, 0.1) is 5.54 Å². The lowest BCUT2D eigenvalue weighted by atomic mass is 9.72. The van der Waals surface area contributed by atoms with Crippen LogP contribution in [0.2, 0.25) is 0 Å². The molecular weight excluding hydrogens is 328 g/mol. The number of piperidine rings is 2. The Balaban J connectivity index is 1.58. The van der Waals surface area contributed by atoms with Gasteiger partial charge in [-0.2, -0.15) is 0 Å². The summed E-state index contributed by atoms with van der Waals surface area (Å²) in [6, 6.07) is 3.98. The first-order valence-electron chi connectivity index (χ1n) is 9.54. The summed E-state index contributed by atoms with van der Waals surface area (Å²) in [4.78, 5) is 32.8. The molecule has 1 spiro atoms. The predicted octanol–water partition coefficient (Wildman–Crippen LogP) is 1.59. The van der Waals surface area contributed by atoms with Crippen LogP contribution in [0.15, 0.2) is 24.5 Å². The van der Waals surface area contributed by atoms with Crippen molar-refractivity contribution >= 4 is 11.8 Å². The van der Waals surface area contributed by atoms with Gasteiger partial charge >= 0.3 is 0 Å². The molecule has 0 radical (unpaired) electrons. The van der Waals surface area contributed by atoms with Crippen molar-refractivity contribution in [2.24, 2.45) is 11.1 Å². The topological polar surface area (TPSA) is 79.5 Å². The van der Waals surface area contributed by atoms with Crippen LogP contribution in [0.25, 0.3) is 0 Å². The van der Waals surface area contributed by atoms with Crippen molar-refractivity contribution < 1.29 is 9.59 Å². The molecule has 0 aromatic carbocycles. The van der Waals surface area contributed by atoms with Crippen molar-refractivity contribution in [1.29, 1.82) is 0 Å². The molecule has 2 aliphatic rings. The summed E-state index contributed by atoms with van der Waals surface area (Å²) >= 11 is 0. The molecule has 142 valence electrons. The molecule has 3 heterocycles. The van der Waals surface area contributed by atoms with E-state index in [0.29, 0.717) is 6.42 Å². The molecule has 1 aromatic rings. The molecule has 26 heavy (non-hydrogen) atoms. The molecular formula is C20H30N4O2. The summed E-state index contributed by atoms with van der Waals surface area (Å²) in [5.41, 5.74) is 6.46. The quantitative estimate of drug-likeness (QED) is 0.886. The largest absolute Gasteiger partial charge is 0.342 e. The number of carbonyl (C=O) groups is 2. The lowest BCUT2D eigenvalue weighted by molar-refractivity contribution is -0.144. The van der Waals surface area contributed by atoms with E-state index in [1.165, 1.54) is 0 Å². The number of hydrogen-bond acceptors (Lipinski definition) is 4. The molecule has 6 nitrogen and oxygen atoms in total. The monoisotopic (exact) mass is 358 g/mol. The fourth-order valence-corrected chi connectivity index (χ4v) is 4.12. The molecule has 1 aromatic heterocycles. The van der Waals surface area contributed by atoms with Gasteiger partial charge in [0.25, 0.3) is 0 Å². The normalized spacial score (nSPS) is 20.5. The number of carbonyl (C=O) groups excluding carboxylic acids is 2. The number of likely N-dealkylation sites (tertiary alicyclic amines) is 2. The highest BCUT2D eigenvalue weighted by atomic mass is 16.2. The van der Waals surface area contributed by atoms with Crippen molar-refractivity contribution in [1.82, 2.24) is 14.8 Å². The molecule has 2 amide bonds. The molecule has 2 saturated heterocycles. The number of rotatable bonds is 4. The molecule has 2 N–H and O–H groups in total. The Morgan fingerprint density at radius 1 is 1.31 bits per heavy atom. The third kappa shape index (κ3) is 4.23. The standard InChI is InChI=1S/C20H30N4O2/c1-19(2,21)18(26)23-12-8-20(9-13-23)7-5-17(25)24(15-20)11-6-16-4-3-10-22-14-16/h3-4,10,14H,5-9,11-13,15,21H2,1-2H3. The average Bonchev–Trinajstić information content (AvgIpc) is 2.63. The number of nitrogens with zero attached hydrogens (tertiary/aromatic N) is 3. The number of aromatic nitrogens is 1. The second kappa shape index (κ2) is 7.35. The summed E-state index contributed by atoms with van der Waals surface area (Å²) in [7, 11) is 0. The Morgan fingerprint density at radius 3 is 2.65 bits per heavy atom. The van der Waals surface area contributed by atoms with Gasteiger partial charge < -0.3 is 15.5 Å². The fraction of sp³-hybridized carbons (Fsp3) is 0.650. The van der Waals surface area contributed by atoms with Crippen LogP contribution in [0.1, 0.15) is 45.1 Å². The smallest absolute Gasteiger partial charge is 0.242 e. The molecule has 0 unspecified atom stereocenters. The number of nitrogens with two attached hydrogens (primary N) is 1. The molecule has 0 atom stereocenters. The maximum absolute atomic E-state index is 12.4. The third-order valence-electron chi connectivity index (χ3n) is 5.80. The van der Waals surface area contributed by atoms with Crippen LogP contribution in [-0.4, -0.2) is 58.3 Å². The SMILES string of the molecule is CC(C)(N)C(=O)N1CCC2(CCC(=O)N(CCc3cccnc3)C2)CC1. The number of hydrogen-bond donors (Lipinski definition) is 1. The highest BCUT2D eigenvalue weighted by molar-refractivity contribution is 5.85. The zero-order chi connectivity index (χ0) is 18.8. The van der Waals surface area contributed by atoms with Crippen LogP contribution in [0.5, 0.6) is 0 Å². The van der Waals surface area contributed by atoms with Gasteiger partial charge in [0, 0.05) is 45.0 Å². The van der Waals surface area contributed by atoms with Crippen LogP contribution in [0.4, 0.5) is 0 Å². The zero-order valence-corrected chi connectivity index (χ0v) is 15.9. The minimum absolute atomic E-state index is 0.0210. The average molecular weight is 358 g/mol. The Hall–Kier alpha value is -1.95. The van der Waals surface area contributed by atoms with E-state index in [-0.39, 0.29) is 17.2 Å². The first-order valence-corrected chi connectivity index (χ1v) is 9.54. The van der Waals surface area contributed by atoms with Gasteiger partial charge in [-0.15, -0.1) is 0 Å². The van der Waals surface area contributed by atoms with Gasteiger partial charge in [-0.05, 0) is 56.6 Å². The second-order valence-corrected chi connectivity index (χ2v) is 8.44. The van der Waals surface area contributed by atoms with E-state index in [4.69, 9.17) is 5.73 Å². The Morgan fingerprint density at radius 2 is 2.04 bits per heavy atom. The highest BCUT2D eigenvalue weighted by Gasteiger charge is 2.42. The third-order valence-corrected chi connectivity index (χ3v) is 5.80.